The van der Waals surface area contributed by atoms with E-state index in [0.717, 1.165) is 22.2 Å². The third kappa shape index (κ3) is 2.86. The van der Waals surface area contributed by atoms with Gasteiger partial charge in [-0.3, -0.25) is 4.98 Å². The zero-order chi connectivity index (χ0) is 13.0. The van der Waals surface area contributed by atoms with Crippen LogP contribution < -0.4 is 11.1 Å². The Morgan fingerprint density at radius 3 is 2.67 bits per heavy atom. The van der Waals surface area contributed by atoms with E-state index < -0.39 is 0 Å². The molecule has 5 heteroatoms. The lowest BCUT2D eigenvalue weighted by Gasteiger charge is -2.17. The fraction of sp³-hybridized carbons (Fsp3) is 0.231. The van der Waals surface area contributed by atoms with Crippen LogP contribution in [-0.4, -0.2) is 17.0 Å². The van der Waals surface area contributed by atoms with E-state index in [9.17, 15) is 0 Å². The Morgan fingerprint density at radius 2 is 2.00 bits per heavy atom. The lowest BCUT2D eigenvalue weighted by Crippen LogP contribution is -2.21. The van der Waals surface area contributed by atoms with Crippen molar-refractivity contribution in [1.82, 2.24) is 15.3 Å². The molecule has 0 saturated carbocycles. The molecule has 0 aliphatic rings. The van der Waals surface area contributed by atoms with Gasteiger partial charge >= 0.3 is 0 Å². The molecule has 1 atom stereocenters. The number of likely N-dealkylation sites (N-methyl/N-ethyl adjacent to an activating group) is 1. The van der Waals surface area contributed by atoms with Crippen molar-refractivity contribution in [2.75, 3.05) is 12.8 Å². The summed E-state index contributed by atoms with van der Waals surface area (Å²) in [6.07, 6.45) is 4.24. The van der Waals surface area contributed by atoms with Crippen molar-refractivity contribution in [1.29, 1.82) is 0 Å². The van der Waals surface area contributed by atoms with Crippen LogP contribution in [0.2, 0.25) is 0 Å². The van der Waals surface area contributed by atoms with Gasteiger partial charge in [-0.05, 0) is 53.2 Å². The molecule has 1 unspecified atom stereocenters. The van der Waals surface area contributed by atoms with E-state index in [-0.39, 0.29) is 6.04 Å². The minimum absolute atomic E-state index is 0.104. The van der Waals surface area contributed by atoms with Crippen LogP contribution in [0, 0.1) is 0 Å². The van der Waals surface area contributed by atoms with Gasteiger partial charge in [0.2, 0.25) is 0 Å². The topological polar surface area (TPSA) is 63.8 Å². The zero-order valence-corrected chi connectivity index (χ0v) is 11.7. The predicted molar refractivity (Wildman–Crippen MR) is 76.1 cm³/mol. The van der Waals surface area contributed by atoms with Gasteiger partial charge in [0.15, 0.2) is 0 Å². The van der Waals surface area contributed by atoms with Gasteiger partial charge in [-0.15, -0.1) is 0 Å². The Morgan fingerprint density at radius 1 is 1.28 bits per heavy atom. The summed E-state index contributed by atoms with van der Waals surface area (Å²) in [6, 6.07) is 7.88. The highest BCUT2D eigenvalue weighted by Gasteiger charge is 2.15. The van der Waals surface area contributed by atoms with Gasteiger partial charge in [-0.1, -0.05) is 6.07 Å². The van der Waals surface area contributed by atoms with E-state index in [4.69, 9.17) is 5.73 Å². The molecule has 3 N–H and O–H groups in total. The molecule has 18 heavy (non-hydrogen) atoms. The summed E-state index contributed by atoms with van der Waals surface area (Å²) in [5, 5.41) is 3.26. The molecule has 2 aromatic heterocycles. The molecule has 0 aliphatic carbocycles. The molecule has 0 radical (unpaired) electrons. The first kappa shape index (κ1) is 13.0. The molecule has 0 aliphatic heterocycles. The predicted octanol–water partition coefficient (Wildman–Crippen LogP) is 2.32. The highest BCUT2D eigenvalue weighted by molar-refractivity contribution is 9.10. The van der Waals surface area contributed by atoms with Crippen LogP contribution in [0.4, 0.5) is 5.82 Å². The Kier molecular flexibility index (Phi) is 4.28. The van der Waals surface area contributed by atoms with Crippen molar-refractivity contribution in [2.45, 2.75) is 12.5 Å². The Balaban J connectivity index is 2.26. The number of rotatable bonds is 4. The van der Waals surface area contributed by atoms with Crippen LogP contribution in [0.15, 0.2) is 41.1 Å². The summed E-state index contributed by atoms with van der Waals surface area (Å²) < 4.78 is 0.992. The number of anilines is 1. The molecular weight excluding hydrogens is 292 g/mol. The molecule has 2 heterocycles. The van der Waals surface area contributed by atoms with Crippen LogP contribution in [-0.2, 0) is 6.42 Å². The number of hydrogen-bond acceptors (Lipinski definition) is 4. The minimum Gasteiger partial charge on any atom is -0.383 e. The van der Waals surface area contributed by atoms with E-state index in [1.54, 1.807) is 12.4 Å². The van der Waals surface area contributed by atoms with Crippen molar-refractivity contribution < 1.29 is 0 Å². The molecule has 0 bridgehead atoms. The van der Waals surface area contributed by atoms with Gasteiger partial charge < -0.3 is 11.1 Å². The van der Waals surface area contributed by atoms with Crippen LogP contribution in [0.5, 0.6) is 0 Å². The van der Waals surface area contributed by atoms with Crippen molar-refractivity contribution in [2.24, 2.45) is 0 Å². The third-order valence-corrected chi connectivity index (χ3v) is 3.49. The molecule has 2 rings (SSSR count). The maximum atomic E-state index is 5.87. The Hall–Kier alpha value is -1.46. The van der Waals surface area contributed by atoms with E-state index in [0.29, 0.717) is 5.82 Å². The highest BCUT2D eigenvalue weighted by atomic mass is 79.9. The first-order chi connectivity index (χ1) is 8.72. The molecule has 2 aromatic rings. The monoisotopic (exact) mass is 306 g/mol. The van der Waals surface area contributed by atoms with Gasteiger partial charge in [-0.25, -0.2) is 4.98 Å². The second-order valence-electron chi connectivity index (χ2n) is 3.96. The Labute approximate surface area is 115 Å². The zero-order valence-electron chi connectivity index (χ0n) is 10.1. The molecule has 4 nitrogen and oxygen atoms in total. The van der Waals surface area contributed by atoms with Gasteiger partial charge in [-0.2, -0.15) is 0 Å². The smallest absolute Gasteiger partial charge is 0.126 e. The molecule has 94 valence electrons. The van der Waals surface area contributed by atoms with E-state index in [1.165, 1.54) is 0 Å². The number of aromatic nitrogens is 2. The van der Waals surface area contributed by atoms with Crippen molar-refractivity contribution >= 4 is 21.7 Å². The SMILES string of the molecule is CNC(Cc1cccnc1N)c1ncccc1Br. The summed E-state index contributed by atoms with van der Waals surface area (Å²) in [6.45, 7) is 0. The van der Waals surface area contributed by atoms with Gasteiger partial charge in [0.05, 0.1) is 11.7 Å². The van der Waals surface area contributed by atoms with E-state index >= 15 is 0 Å². The normalized spacial score (nSPS) is 12.3. The van der Waals surface area contributed by atoms with Crippen molar-refractivity contribution in [3.8, 4) is 0 Å². The Bertz CT molecular complexity index is 530. The number of hydrogen-bond donors (Lipinski definition) is 2. The summed E-state index contributed by atoms with van der Waals surface area (Å²) >= 11 is 3.52. The first-order valence-corrected chi connectivity index (χ1v) is 6.48. The van der Waals surface area contributed by atoms with Crippen LogP contribution in [0.1, 0.15) is 17.3 Å². The number of halogens is 1. The second kappa shape index (κ2) is 5.93. The largest absolute Gasteiger partial charge is 0.383 e. The molecule has 0 amide bonds. The summed E-state index contributed by atoms with van der Waals surface area (Å²) in [5.74, 6) is 0.574. The first-order valence-electron chi connectivity index (χ1n) is 5.69. The quantitative estimate of drug-likeness (QED) is 0.910. The lowest BCUT2D eigenvalue weighted by molar-refractivity contribution is 0.573. The molecule has 0 spiro atoms. The molecule has 0 saturated heterocycles. The van der Waals surface area contributed by atoms with E-state index in [2.05, 4.69) is 31.2 Å². The molecular formula is C13H15BrN4. The number of nitrogens with one attached hydrogen (secondary N) is 1. The fourth-order valence-electron chi connectivity index (χ4n) is 1.83. The number of nitrogens with zero attached hydrogens (tertiary/aromatic N) is 2. The average Bonchev–Trinajstić information content (AvgIpc) is 2.39. The maximum absolute atomic E-state index is 5.87. The lowest BCUT2D eigenvalue weighted by atomic mass is 10.0. The van der Waals surface area contributed by atoms with Gasteiger partial charge in [0.25, 0.3) is 0 Å². The summed E-state index contributed by atoms with van der Waals surface area (Å²) in [5.41, 5.74) is 7.87. The number of nitrogens with two attached hydrogens (primary N) is 1. The summed E-state index contributed by atoms with van der Waals surface area (Å²) in [7, 11) is 1.92. The minimum atomic E-state index is 0.104. The standard InChI is InChI=1S/C13H15BrN4/c1-16-11(12-10(14)5-3-6-17-12)8-9-4-2-7-18-13(9)15/h2-7,11,16H,8H2,1H3,(H2,15,18). The number of nitrogen functional groups attached to an aromatic ring is 1. The fourth-order valence-corrected chi connectivity index (χ4v) is 2.36. The molecule has 0 aromatic carbocycles. The number of pyridine rings is 2. The van der Waals surface area contributed by atoms with Crippen LogP contribution in [0.25, 0.3) is 0 Å². The third-order valence-electron chi connectivity index (χ3n) is 2.82. The maximum Gasteiger partial charge on any atom is 0.126 e. The summed E-state index contributed by atoms with van der Waals surface area (Å²) in [4.78, 5) is 8.51. The van der Waals surface area contributed by atoms with Crippen LogP contribution in [0.3, 0.4) is 0 Å². The van der Waals surface area contributed by atoms with Crippen molar-refractivity contribution in [3.63, 3.8) is 0 Å². The van der Waals surface area contributed by atoms with Crippen LogP contribution >= 0.6 is 15.9 Å². The van der Waals surface area contributed by atoms with E-state index in [1.807, 2.05) is 31.3 Å². The highest BCUT2D eigenvalue weighted by Crippen LogP contribution is 2.24. The van der Waals surface area contributed by atoms with Gasteiger partial charge in [0, 0.05) is 16.9 Å². The second-order valence-corrected chi connectivity index (χ2v) is 4.82. The van der Waals surface area contributed by atoms with Gasteiger partial charge in [0.1, 0.15) is 5.82 Å². The average molecular weight is 307 g/mol. The van der Waals surface area contributed by atoms with Crippen molar-refractivity contribution in [3.05, 3.63) is 52.4 Å². The molecule has 0 fully saturated rings.